The Labute approximate surface area is 98.6 Å². The summed E-state index contributed by atoms with van der Waals surface area (Å²) in [5.74, 6) is 1.01. The van der Waals surface area contributed by atoms with Crippen LogP contribution in [0.3, 0.4) is 0 Å². The van der Waals surface area contributed by atoms with Gasteiger partial charge in [-0.3, -0.25) is 4.79 Å². The maximum Gasteiger partial charge on any atom is 0.227 e. The predicted octanol–water partition coefficient (Wildman–Crippen LogP) is 1.63. The summed E-state index contributed by atoms with van der Waals surface area (Å²) in [6.07, 6.45) is 4.52. The zero-order chi connectivity index (χ0) is 11.6. The zero-order valence-electron chi connectivity index (χ0n) is 10.6. The topological polar surface area (TPSA) is 32.3 Å². The molecule has 2 fully saturated rings. The number of carbonyl (C=O) groups is 1. The van der Waals surface area contributed by atoms with Crippen LogP contribution in [-0.4, -0.2) is 37.0 Å². The number of carbonyl (C=O) groups excluding carboxylic acids is 1. The van der Waals surface area contributed by atoms with Crippen molar-refractivity contribution in [2.75, 3.05) is 26.2 Å². The Morgan fingerprint density at radius 3 is 2.81 bits per heavy atom. The minimum absolute atomic E-state index is 0.0502. The Balaban J connectivity index is 2.01. The molecule has 3 heteroatoms. The number of nitrogens with one attached hydrogen (secondary N) is 1. The van der Waals surface area contributed by atoms with Crippen LogP contribution in [0, 0.1) is 11.3 Å². The van der Waals surface area contributed by atoms with Gasteiger partial charge < -0.3 is 10.2 Å². The summed E-state index contributed by atoms with van der Waals surface area (Å²) in [5, 5.41) is 3.05. The van der Waals surface area contributed by atoms with Gasteiger partial charge in [-0.25, -0.2) is 0 Å². The van der Waals surface area contributed by atoms with Gasteiger partial charge in [-0.05, 0) is 38.1 Å². The van der Waals surface area contributed by atoms with Crippen LogP contribution in [0.1, 0.15) is 39.5 Å². The molecule has 0 unspecified atom stereocenters. The second-order valence-electron chi connectivity index (χ2n) is 5.87. The first-order chi connectivity index (χ1) is 7.62. The Morgan fingerprint density at radius 1 is 1.38 bits per heavy atom. The maximum absolute atomic E-state index is 12.1. The van der Waals surface area contributed by atoms with Crippen molar-refractivity contribution in [1.82, 2.24) is 10.2 Å². The Morgan fingerprint density at radius 2 is 2.12 bits per heavy atom. The van der Waals surface area contributed by atoms with Crippen molar-refractivity contribution in [3.05, 3.63) is 0 Å². The van der Waals surface area contributed by atoms with E-state index in [1.807, 2.05) is 0 Å². The van der Waals surface area contributed by atoms with Gasteiger partial charge in [0.05, 0.1) is 5.41 Å². The molecule has 3 nitrogen and oxygen atoms in total. The zero-order valence-corrected chi connectivity index (χ0v) is 10.6. The third kappa shape index (κ3) is 2.40. The molecule has 0 aromatic carbocycles. The van der Waals surface area contributed by atoms with E-state index in [0.29, 0.717) is 11.8 Å². The van der Waals surface area contributed by atoms with Gasteiger partial charge in [-0.15, -0.1) is 0 Å². The summed E-state index contributed by atoms with van der Waals surface area (Å²) in [4.78, 5) is 14.5. The molecule has 2 heterocycles. The van der Waals surface area contributed by atoms with Crippen molar-refractivity contribution >= 4 is 5.91 Å². The van der Waals surface area contributed by atoms with Crippen LogP contribution < -0.4 is 5.32 Å². The van der Waals surface area contributed by atoms with Crippen LogP contribution in [0.15, 0.2) is 0 Å². The molecule has 16 heavy (non-hydrogen) atoms. The average Bonchev–Trinajstić information content (AvgIpc) is 2.22. The molecule has 0 radical (unpaired) electrons. The molecule has 1 N–H and O–H groups in total. The summed E-state index contributed by atoms with van der Waals surface area (Å²) >= 11 is 0. The molecule has 1 amide bonds. The monoisotopic (exact) mass is 224 g/mol. The lowest BCUT2D eigenvalue weighted by Gasteiger charge is -2.44. The number of nitrogens with zero attached hydrogens (tertiary/aromatic N) is 1. The minimum atomic E-state index is -0.0502. The van der Waals surface area contributed by atoms with Crippen molar-refractivity contribution in [2.24, 2.45) is 11.3 Å². The van der Waals surface area contributed by atoms with Gasteiger partial charge in [0, 0.05) is 19.6 Å². The first kappa shape index (κ1) is 11.9. The lowest BCUT2D eigenvalue weighted by atomic mass is 9.73. The van der Waals surface area contributed by atoms with Crippen molar-refractivity contribution in [1.29, 1.82) is 0 Å². The van der Waals surface area contributed by atoms with Crippen LogP contribution >= 0.6 is 0 Å². The molecule has 2 aliphatic rings. The van der Waals surface area contributed by atoms with Gasteiger partial charge in [0.15, 0.2) is 0 Å². The van der Waals surface area contributed by atoms with E-state index < -0.39 is 0 Å². The summed E-state index contributed by atoms with van der Waals surface area (Å²) in [6.45, 7) is 8.68. The highest BCUT2D eigenvalue weighted by Gasteiger charge is 2.43. The Bertz CT molecular complexity index is 261. The number of amides is 1. The molecule has 0 bridgehead atoms. The van der Waals surface area contributed by atoms with E-state index in [9.17, 15) is 4.79 Å². The van der Waals surface area contributed by atoms with E-state index in [1.54, 1.807) is 0 Å². The van der Waals surface area contributed by atoms with E-state index in [0.717, 1.165) is 38.9 Å². The molecule has 92 valence electrons. The van der Waals surface area contributed by atoms with E-state index in [1.165, 1.54) is 13.0 Å². The third-order valence-electron chi connectivity index (χ3n) is 3.88. The minimum Gasteiger partial charge on any atom is -0.356 e. The first-order valence-corrected chi connectivity index (χ1v) is 6.63. The molecule has 0 aromatic heterocycles. The average molecular weight is 224 g/mol. The van der Waals surface area contributed by atoms with E-state index >= 15 is 0 Å². The van der Waals surface area contributed by atoms with Gasteiger partial charge in [0.1, 0.15) is 0 Å². The lowest BCUT2D eigenvalue weighted by Crippen LogP contribution is -2.55. The molecule has 0 aliphatic carbocycles. The lowest BCUT2D eigenvalue weighted by molar-refractivity contribution is -0.137. The fourth-order valence-electron chi connectivity index (χ4n) is 3.22. The molecular weight excluding hydrogens is 200 g/mol. The highest BCUT2D eigenvalue weighted by atomic mass is 16.2. The molecule has 1 atom stereocenters. The SMILES string of the molecule is CC(C)CN1CCC[C@@]2(CCCNC2=O)C1. The second-order valence-corrected chi connectivity index (χ2v) is 5.87. The fourth-order valence-corrected chi connectivity index (χ4v) is 3.22. The van der Waals surface area contributed by atoms with Crippen LogP contribution in [0.5, 0.6) is 0 Å². The molecule has 2 saturated heterocycles. The number of hydrogen-bond donors (Lipinski definition) is 1. The van der Waals surface area contributed by atoms with E-state index in [-0.39, 0.29) is 5.41 Å². The van der Waals surface area contributed by atoms with Crippen molar-refractivity contribution < 1.29 is 4.79 Å². The first-order valence-electron chi connectivity index (χ1n) is 6.63. The highest BCUT2D eigenvalue weighted by Crippen LogP contribution is 2.36. The van der Waals surface area contributed by atoms with Gasteiger partial charge in [-0.1, -0.05) is 13.8 Å². The van der Waals surface area contributed by atoms with E-state index in [2.05, 4.69) is 24.1 Å². The number of likely N-dealkylation sites (tertiary alicyclic amines) is 1. The molecule has 2 rings (SSSR count). The Hall–Kier alpha value is -0.570. The summed E-state index contributed by atoms with van der Waals surface area (Å²) in [7, 11) is 0. The third-order valence-corrected chi connectivity index (χ3v) is 3.88. The van der Waals surface area contributed by atoms with Gasteiger partial charge in [0.25, 0.3) is 0 Å². The van der Waals surface area contributed by atoms with Crippen molar-refractivity contribution in [3.8, 4) is 0 Å². The van der Waals surface area contributed by atoms with Gasteiger partial charge in [-0.2, -0.15) is 0 Å². The Kier molecular flexibility index (Phi) is 3.53. The molecule has 2 aliphatic heterocycles. The quantitative estimate of drug-likeness (QED) is 0.773. The van der Waals surface area contributed by atoms with Crippen LogP contribution in [-0.2, 0) is 4.79 Å². The largest absolute Gasteiger partial charge is 0.356 e. The van der Waals surface area contributed by atoms with E-state index in [4.69, 9.17) is 0 Å². The number of rotatable bonds is 2. The number of hydrogen-bond acceptors (Lipinski definition) is 2. The summed E-state index contributed by atoms with van der Waals surface area (Å²) in [5.41, 5.74) is -0.0502. The smallest absolute Gasteiger partial charge is 0.227 e. The molecule has 0 aromatic rings. The van der Waals surface area contributed by atoms with Gasteiger partial charge in [0.2, 0.25) is 5.91 Å². The normalized spacial score (nSPS) is 32.1. The predicted molar refractivity (Wildman–Crippen MR) is 65.2 cm³/mol. The molecule has 0 saturated carbocycles. The summed E-state index contributed by atoms with van der Waals surface area (Å²) in [6, 6.07) is 0. The van der Waals surface area contributed by atoms with Gasteiger partial charge >= 0.3 is 0 Å². The summed E-state index contributed by atoms with van der Waals surface area (Å²) < 4.78 is 0. The number of piperidine rings is 2. The van der Waals surface area contributed by atoms with Crippen LogP contribution in [0.25, 0.3) is 0 Å². The molecular formula is C13H24N2O. The standard InChI is InChI=1S/C13H24N2O/c1-11(2)9-15-8-4-6-13(10-15)5-3-7-14-12(13)16/h11H,3-10H2,1-2H3,(H,14,16)/t13-/m0/s1. The maximum atomic E-state index is 12.1. The van der Waals surface area contributed by atoms with Crippen molar-refractivity contribution in [2.45, 2.75) is 39.5 Å². The van der Waals surface area contributed by atoms with Crippen LogP contribution in [0.4, 0.5) is 0 Å². The fraction of sp³-hybridized carbons (Fsp3) is 0.923. The highest BCUT2D eigenvalue weighted by molar-refractivity contribution is 5.83. The van der Waals surface area contributed by atoms with Crippen LogP contribution in [0.2, 0.25) is 0 Å². The van der Waals surface area contributed by atoms with Crippen molar-refractivity contribution in [3.63, 3.8) is 0 Å². The second kappa shape index (κ2) is 4.74. The molecule has 1 spiro atoms.